The maximum absolute atomic E-state index is 12.1. The summed E-state index contributed by atoms with van der Waals surface area (Å²) in [5, 5.41) is 3.11. The van der Waals surface area contributed by atoms with Gasteiger partial charge in [-0.1, -0.05) is 24.3 Å². The van der Waals surface area contributed by atoms with Gasteiger partial charge in [0.2, 0.25) is 0 Å². The van der Waals surface area contributed by atoms with Gasteiger partial charge in [0.15, 0.2) is 0 Å². The second-order valence-electron chi connectivity index (χ2n) is 4.92. The average Bonchev–Trinajstić information content (AvgIpc) is 2.48. The first kappa shape index (κ1) is 11.9. The van der Waals surface area contributed by atoms with E-state index >= 15 is 0 Å². The maximum atomic E-state index is 12.1. The Labute approximate surface area is 112 Å². The molecule has 3 nitrogen and oxygen atoms in total. The summed E-state index contributed by atoms with van der Waals surface area (Å²) in [5.74, 6) is -0.00761. The van der Waals surface area contributed by atoms with Crippen molar-refractivity contribution >= 4 is 5.91 Å². The van der Waals surface area contributed by atoms with Crippen molar-refractivity contribution in [1.29, 1.82) is 0 Å². The maximum Gasteiger partial charge on any atom is 0.251 e. The first-order valence-electron chi connectivity index (χ1n) is 6.60. The molecule has 2 aromatic rings. The quantitative estimate of drug-likeness (QED) is 0.891. The summed E-state index contributed by atoms with van der Waals surface area (Å²) < 4.78 is 0. The van der Waals surface area contributed by atoms with Crippen molar-refractivity contribution in [1.82, 2.24) is 10.3 Å². The number of carbonyl (C=O) groups excluding carboxylic acids is 1. The molecule has 1 N–H and O–H groups in total. The zero-order valence-corrected chi connectivity index (χ0v) is 10.7. The molecular weight excluding hydrogens is 236 g/mol. The number of benzene rings is 1. The summed E-state index contributed by atoms with van der Waals surface area (Å²) in [6.45, 7) is 0. The number of aryl methyl sites for hydroxylation is 1. The van der Waals surface area contributed by atoms with Crippen molar-refractivity contribution in [3.63, 3.8) is 0 Å². The Kier molecular flexibility index (Phi) is 3.27. The van der Waals surface area contributed by atoms with Gasteiger partial charge in [0.1, 0.15) is 0 Å². The van der Waals surface area contributed by atoms with Gasteiger partial charge >= 0.3 is 0 Å². The second-order valence-corrected chi connectivity index (χ2v) is 4.92. The van der Waals surface area contributed by atoms with Crippen LogP contribution in [0.2, 0.25) is 0 Å². The Morgan fingerprint density at radius 1 is 1.11 bits per heavy atom. The molecule has 1 aromatic heterocycles. The molecule has 96 valence electrons. The van der Waals surface area contributed by atoms with Crippen LogP contribution in [-0.4, -0.2) is 16.9 Å². The van der Waals surface area contributed by atoms with Gasteiger partial charge in [-0.2, -0.15) is 0 Å². The van der Waals surface area contributed by atoms with Crippen LogP contribution in [0.25, 0.3) is 0 Å². The first-order valence-corrected chi connectivity index (χ1v) is 6.60. The van der Waals surface area contributed by atoms with Gasteiger partial charge in [0.05, 0.1) is 0 Å². The summed E-state index contributed by atoms with van der Waals surface area (Å²) in [6, 6.07) is 12.2. The van der Waals surface area contributed by atoms with Gasteiger partial charge in [0.25, 0.3) is 5.91 Å². The number of amides is 1. The summed E-state index contributed by atoms with van der Waals surface area (Å²) >= 11 is 0. The molecule has 1 atom stereocenters. The van der Waals surface area contributed by atoms with E-state index in [1.807, 2.05) is 0 Å². The third-order valence-electron chi connectivity index (χ3n) is 3.62. The molecule has 0 radical (unpaired) electrons. The number of nitrogens with zero attached hydrogens (tertiary/aromatic N) is 1. The number of hydrogen-bond donors (Lipinski definition) is 1. The van der Waals surface area contributed by atoms with Crippen LogP contribution in [0.15, 0.2) is 48.8 Å². The molecule has 1 aliphatic carbocycles. The molecule has 1 amide bonds. The van der Waals surface area contributed by atoms with Gasteiger partial charge in [-0.15, -0.1) is 0 Å². The molecule has 0 saturated heterocycles. The Balaban J connectivity index is 1.68. The topological polar surface area (TPSA) is 42.0 Å². The normalized spacial score (nSPS) is 17.6. The highest BCUT2D eigenvalue weighted by Crippen LogP contribution is 2.21. The zero-order valence-electron chi connectivity index (χ0n) is 10.7. The summed E-state index contributed by atoms with van der Waals surface area (Å²) in [4.78, 5) is 16.0. The summed E-state index contributed by atoms with van der Waals surface area (Å²) in [7, 11) is 0. The van der Waals surface area contributed by atoms with Crippen molar-refractivity contribution in [2.45, 2.75) is 25.3 Å². The smallest absolute Gasteiger partial charge is 0.251 e. The summed E-state index contributed by atoms with van der Waals surface area (Å²) in [6.07, 6.45) is 6.26. The number of rotatable bonds is 2. The fraction of sp³-hybridized carbons (Fsp3) is 0.250. The molecule has 0 saturated carbocycles. The zero-order chi connectivity index (χ0) is 13.1. The Morgan fingerprint density at radius 2 is 1.84 bits per heavy atom. The molecule has 0 unspecified atom stereocenters. The lowest BCUT2D eigenvalue weighted by molar-refractivity contribution is 0.0933. The third kappa shape index (κ3) is 2.65. The average molecular weight is 252 g/mol. The number of hydrogen-bond acceptors (Lipinski definition) is 2. The highest BCUT2D eigenvalue weighted by atomic mass is 16.1. The highest BCUT2D eigenvalue weighted by Gasteiger charge is 2.20. The molecule has 0 bridgehead atoms. The lowest BCUT2D eigenvalue weighted by Gasteiger charge is -2.25. The van der Waals surface area contributed by atoms with Gasteiger partial charge in [0, 0.05) is 24.0 Å². The fourth-order valence-electron chi connectivity index (χ4n) is 2.59. The van der Waals surface area contributed by atoms with E-state index in [0.29, 0.717) is 5.56 Å². The van der Waals surface area contributed by atoms with Crippen LogP contribution in [-0.2, 0) is 12.8 Å². The standard InChI is InChI=1S/C16H16N2O/c19-16(13-7-9-17-10-8-13)18-15-6-5-12-3-1-2-4-14(12)11-15/h1-4,7-10,15H,5-6,11H2,(H,18,19)/t15-/m0/s1. The molecule has 0 aliphatic heterocycles. The van der Waals surface area contributed by atoms with Crippen LogP contribution in [0, 0.1) is 0 Å². The Bertz CT molecular complexity index is 580. The first-order chi connectivity index (χ1) is 9.33. The Hall–Kier alpha value is -2.16. The van der Waals surface area contributed by atoms with Gasteiger partial charge in [-0.3, -0.25) is 9.78 Å². The minimum atomic E-state index is -0.00761. The molecule has 0 spiro atoms. The van der Waals surface area contributed by atoms with E-state index in [9.17, 15) is 4.79 Å². The molecular formula is C16H16N2O. The van der Waals surface area contributed by atoms with Gasteiger partial charge < -0.3 is 5.32 Å². The van der Waals surface area contributed by atoms with Crippen LogP contribution in [0.1, 0.15) is 27.9 Å². The number of fused-ring (bicyclic) bond motifs is 1. The number of aromatic nitrogens is 1. The number of carbonyl (C=O) groups is 1. The lowest BCUT2D eigenvalue weighted by Crippen LogP contribution is -2.38. The Morgan fingerprint density at radius 3 is 2.63 bits per heavy atom. The van der Waals surface area contributed by atoms with Crippen molar-refractivity contribution in [2.24, 2.45) is 0 Å². The second kappa shape index (κ2) is 5.22. The van der Waals surface area contributed by atoms with Crippen LogP contribution < -0.4 is 5.32 Å². The SMILES string of the molecule is O=C(N[C@H]1CCc2ccccc2C1)c1ccncc1. The minimum Gasteiger partial charge on any atom is -0.349 e. The van der Waals surface area contributed by atoms with Crippen molar-refractivity contribution in [3.05, 3.63) is 65.5 Å². The van der Waals surface area contributed by atoms with Crippen LogP contribution >= 0.6 is 0 Å². The predicted molar refractivity (Wildman–Crippen MR) is 74.0 cm³/mol. The van der Waals surface area contributed by atoms with Gasteiger partial charge in [-0.25, -0.2) is 0 Å². The fourth-order valence-corrected chi connectivity index (χ4v) is 2.59. The van der Waals surface area contributed by atoms with Gasteiger partial charge in [-0.05, 0) is 42.5 Å². The van der Waals surface area contributed by atoms with Crippen LogP contribution in [0.5, 0.6) is 0 Å². The van der Waals surface area contributed by atoms with E-state index in [0.717, 1.165) is 19.3 Å². The summed E-state index contributed by atoms with van der Waals surface area (Å²) in [5.41, 5.74) is 3.44. The van der Waals surface area contributed by atoms with Crippen molar-refractivity contribution in [3.8, 4) is 0 Å². The van der Waals surface area contributed by atoms with Crippen molar-refractivity contribution < 1.29 is 4.79 Å². The van der Waals surface area contributed by atoms with E-state index < -0.39 is 0 Å². The van der Waals surface area contributed by atoms with Crippen molar-refractivity contribution in [2.75, 3.05) is 0 Å². The number of nitrogens with one attached hydrogen (secondary N) is 1. The molecule has 1 aliphatic rings. The number of pyridine rings is 1. The third-order valence-corrected chi connectivity index (χ3v) is 3.62. The molecule has 0 fully saturated rings. The van der Waals surface area contributed by atoms with Crippen LogP contribution in [0.3, 0.4) is 0 Å². The molecule has 3 heteroatoms. The van der Waals surface area contributed by atoms with E-state index in [1.165, 1.54) is 11.1 Å². The van der Waals surface area contributed by atoms with E-state index in [4.69, 9.17) is 0 Å². The molecule has 19 heavy (non-hydrogen) atoms. The lowest BCUT2D eigenvalue weighted by atomic mass is 9.88. The minimum absolute atomic E-state index is 0.00761. The highest BCUT2D eigenvalue weighted by molar-refractivity contribution is 5.94. The molecule has 1 aromatic carbocycles. The van der Waals surface area contributed by atoms with E-state index in [2.05, 4.69) is 34.6 Å². The monoisotopic (exact) mass is 252 g/mol. The van der Waals surface area contributed by atoms with E-state index in [-0.39, 0.29) is 11.9 Å². The largest absolute Gasteiger partial charge is 0.349 e. The molecule has 1 heterocycles. The predicted octanol–water partition coefficient (Wildman–Crippen LogP) is 2.37. The van der Waals surface area contributed by atoms with Crippen LogP contribution in [0.4, 0.5) is 0 Å². The molecule has 3 rings (SSSR count). The van der Waals surface area contributed by atoms with E-state index in [1.54, 1.807) is 24.5 Å².